The van der Waals surface area contributed by atoms with Crippen molar-refractivity contribution in [1.29, 1.82) is 0 Å². The molecule has 3 rings (SSSR count). The van der Waals surface area contributed by atoms with E-state index < -0.39 is 0 Å². The van der Waals surface area contributed by atoms with Gasteiger partial charge in [0.15, 0.2) is 5.82 Å². The Labute approximate surface area is 150 Å². The van der Waals surface area contributed by atoms with Crippen LogP contribution in [0.25, 0.3) is 0 Å². The fraction of sp³-hybridized carbons (Fsp3) is 0.550. The zero-order chi connectivity index (χ0) is 18.0. The van der Waals surface area contributed by atoms with Crippen LogP contribution in [0.15, 0.2) is 28.8 Å². The highest BCUT2D eigenvalue weighted by atomic mass is 16.3. The maximum atomic E-state index is 9.72. The smallest absolute Gasteiger partial charge is 0.151 e. The van der Waals surface area contributed by atoms with Crippen molar-refractivity contribution in [3.8, 4) is 0 Å². The molecule has 0 spiro atoms. The maximum Gasteiger partial charge on any atom is 0.151 e. The van der Waals surface area contributed by atoms with Crippen LogP contribution in [0.3, 0.4) is 0 Å². The van der Waals surface area contributed by atoms with E-state index in [0.29, 0.717) is 6.54 Å². The van der Waals surface area contributed by atoms with E-state index in [1.165, 1.54) is 5.56 Å². The molecule has 0 bridgehead atoms. The molecule has 1 aliphatic rings. The van der Waals surface area contributed by atoms with E-state index in [9.17, 15) is 5.11 Å². The third-order valence-corrected chi connectivity index (χ3v) is 4.78. The molecule has 5 heteroatoms. The number of nitrogens with one attached hydrogen (secondary N) is 1. The lowest BCUT2D eigenvalue weighted by atomic mass is 9.93. The molecule has 1 aliphatic heterocycles. The van der Waals surface area contributed by atoms with E-state index in [1.807, 2.05) is 19.2 Å². The summed E-state index contributed by atoms with van der Waals surface area (Å²) < 4.78 is 5.93. The summed E-state index contributed by atoms with van der Waals surface area (Å²) in [5.41, 5.74) is 2.21. The molecule has 2 aromatic heterocycles. The van der Waals surface area contributed by atoms with Crippen molar-refractivity contribution < 1.29 is 9.52 Å². The molecular weight excluding hydrogens is 314 g/mol. The molecule has 0 aliphatic carbocycles. The van der Waals surface area contributed by atoms with Crippen molar-refractivity contribution in [1.82, 2.24) is 4.98 Å². The summed E-state index contributed by atoms with van der Waals surface area (Å²) in [6, 6.07) is 6.16. The van der Waals surface area contributed by atoms with E-state index in [1.54, 1.807) is 0 Å². The minimum atomic E-state index is -0.180. The van der Waals surface area contributed by atoms with Crippen LogP contribution in [0.4, 0.5) is 11.5 Å². The van der Waals surface area contributed by atoms with Crippen LogP contribution in [0.5, 0.6) is 0 Å². The van der Waals surface area contributed by atoms with Gasteiger partial charge in [-0.2, -0.15) is 0 Å². The Morgan fingerprint density at radius 1 is 1.32 bits per heavy atom. The van der Waals surface area contributed by atoms with Gasteiger partial charge in [-0.25, -0.2) is 4.98 Å². The molecule has 0 saturated carbocycles. The van der Waals surface area contributed by atoms with E-state index in [-0.39, 0.29) is 11.5 Å². The first-order valence-electron chi connectivity index (χ1n) is 9.06. The topological polar surface area (TPSA) is 61.5 Å². The van der Waals surface area contributed by atoms with Gasteiger partial charge < -0.3 is 19.7 Å². The number of pyridine rings is 1. The van der Waals surface area contributed by atoms with Crippen molar-refractivity contribution in [2.75, 3.05) is 23.3 Å². The monoisotopic (exact) mass is 343 g/mol. The van der Waals surface area contributed by atoms with Crippen molar-refractivity contribution in [3.05, 3.63) is 41.5 Å². The molecule has 0 unspecified atom stereocenters. The van der Waals surface area contributed by atoms with Crippen LogP contribution in [-0.2, 0) is 12.0 Å². The summed E-state index contributed by atoms with van der Waals surface area (Å²) in [5.74, 6) is 2.94. The lowest BCUT2D eigenvalue weighted by Gasteiger charge is -2.31. The lowest BCUT2D eigenvalue weighted by Crippen LogP contribution is -2.36. The van der Waals surface area contributed by atoms with Gasteiger partial charge in [0.2, 0.25) is 0 Å². The average molecular weight is 343 g/mol. The fourth-order valence-electron chi connectivity index (χ4n) is 3.12. The first-order valence-corrected chi connectivity index (χ1v) is 9.06. The van der Waals surface area contributed by atoms with E-state index >= 15 is 0 Å². The number of rotatable bonds is 4. The van der Waals surface area contributed by atoms with Crippen molar-refractivity contribution in [2.45, 2.75) is 58.6 Å². The first kappa shape index (κ1) is 17.8. The quantitative estimate of drug-likeness (QED) is 0.883. The van der Waals surface area contributed by atoms with Gasteiger partial charge in [-0.1, -0.05) is 20.8 Å². The lowest BCUT2D eigenvalue weighted by molar-refractivity contribution is 0.145. The van der Waals surface area contributed by atoms with Crippen LogP contribution >= 0.6 is 0 Å². The van der Waals surface area contributed by atoms with Crippen LogP contribution in [0, 0.1) is 6.92 Å². The summed E-state index contributed by atoms with van der Waals surface area (Å²) >= 11 is 0. The number of aromatic nitrogens is 1. The molecule has 25 heavy (non-hydrogen) atoms. The zero-order valence-electron chi connectivity index (χ0n) is 15.7. The van der Waals surface area contributed by atoms with Crippen LogP contribution in [0.1, 0.15) is 50.7 Å². The van der Waals surface area contributed by atoms with E-state index in [2.05, 4.69) is 48.1 Å². The Balaban J connectivity index is 1.73. The molecule has 0 amide bonds. The number of aliphatic hydroxyl groups excluding tert-OH is 1. The van der Waals surface area contributed by atoms with Gasteiger partial charge in [-0.3, -0.25) is 0 Å². The number of nitrogens with zero attached hydrogens (tertiary/aromatic N) is 2. The number of anilines is 2. The minimum absolute atomic E-state index is 0.0110. The third kappa shape index (κ3) is 4.15. The predicted molar refractivity (Wildman–Crippen MR) is 101 cm³/mol. The van der Waals surface area contributed by atoms with Gasteiger partial charge in [-0.15, -0.1) is 0 Å². The van der Waals surface area contributed by atoms with Gasteiger partial charge in [0, 0.05) is 36.8 Å². The third-order valence-electron chi connectivity index (χ3n) is 4.78. The average Bonchev–Trinajstić information content (AvgIpc) is 2.95. The second-order valence-electron chi connectivity index (χ2n) is 7.89. The Hall–Kier alpha value is -2.01. The molecule has 2 aromatic rings. The van der Waals surface area contributed by atoms with Gasteiger partial charge in [-0.05, 0) is 38.0 Å². The largest absolute Gasteiger partial charge is 0.465 e. The second-order valence-corrected chi connectivity index (χ2v) is 7.89. The van der Waals surface area contributed by atoms with Crippen LogP contribution < -0.4 is 10.2 Å². The van der Waals surface area contributed by atoms with Crippen LogP contribution in [-0.4, -0.2) is 29.3 Å². The van der Waals surface area contributed by atoms with Gasteiger partial charge in [0.1, 0.15) is 11.5 Å². The molecule has 0 radical (unpaired) electrons. The Morgan fingerprint density at radius 2 is 2.04 bits per heavy atom. The molecule has 1 fully saturated rings. The molecule has 5 nitrogen and oxygen atoms in total. The van der Waals surface area contributed by atoms with Crippen LogP contribution in [0.2, 0.25) is 0 Å². The first-order chi connectivity index (χ1) is 11.8. The number of hydrogen-bond donors (Lipinski definition) is 2. The number of piperidine rings is 1. The summed E-state index contributed by atoms with van der Waals surface area (Å²) in [7, 11) is 0. The summed E-state index contributed by atoms with van der Waals surface area (Å²) in [5, 5.41) is 13.2. The number of aryl methyl sites for hydroxylation is 1. The molecule has 0 aromatic carbocycles. The van der Waals surface area contributed by atoms with Gasteiger partial charge >= 0.3 is 0 Å². The minimum Gasteiger partial charge on any atom is -0.465 e. The Kier molecular flexibility index (Phi) is 5.04. The molecule has 1 saturated heterocycles. The summed E-state index contributed by atoms with van der Waals surface area (Å²) in [4.78, 5) is 6.81. The Bertz CT molecular complexity index is 710. The maximum absolute atomic E-state index is 9.72. The summed E-state index contributed by atoms with van der Waals surface area (Å²) in [6.45, 7) is 10.9. The molecule has 3 heterocycles. The van der Waals surface area contributed by atoms with Gasteiger partial charge in [0.25, 0.3) is 0 Å². The normalized spacial score (nSPS) is 16.3. The van der Waals surface area contributed by atoms with Crippen molar-refractivity contribution >= 4 is 11.5 Å². The Morgan fingerprint density at radius 3 is 2.68 bits per heavy atom. The fourth-order valence-corrected chi connectivity index (χ4v) is 3.12. The number of furan rings is 1. The molecular formula is C20H29N3O2. The van der Waals surface area contributed by atoms with E-state index in [0.717, 1.165) is 49.0 Å². The highest BCUT2D eigenvalue weighted by Gasteiger charge is 2.22. The number of hydrogen-bond acceptors (Lipinski definition) is 5. The van der Waals surface area contributed by atoms with Crippen molar-refractivity contribution in [2.24, 2.45) is 0 Å². The highest BCUT2D eigenvalue weighted by Crippen LogP contribution is 2.29. The highest BCUT2D eigenvalue weighted by molar-refractivity contribution is 5.65. The van der Waals surface area contributed by atoms with Gasteiger partial charge in [0.05, 0.1) is 11.8 Å². The zero-order valence-corrected chi connectivity index (χ0v) is 15.7. The van der Waals surface area contributed by atoms with E-state index in [4.69, 9.17) is 4.42 Å². The molecule has 0 atom stereocenters. The predicted octanol–water partition coefficient (Wildman–Crippen LogP) is 3.85. The standard InChI is InChI=1S/C20H29N3O2/c1-14-15(12-18(25-14)20(2,3)4)13-22-17-6-5-9-21-19(17)23-10-7-16(24)8-11-23/h5-6,9,12,16,22,24H,7-8,10-11,13H2,1-4H3. The molecule has 136 valence electrons. The SMILES string of the molecule is Cc1oc(C(C)(C)C)cc1CNc1cccnc1N1CCC(O)CC1. The second kappa shape index (κ2) is 7.08. The van der Waals surface area contributed by atoms with Crippen molar-refractivity contribution in [3.63, 3.8) is 0 Å². The molecule has 2 N–H and O–H groups in total. The summed E-state index contributed by atoms with van der Waals surface area (Å²) in [6.07, 6.45) is 3.24. The number of aliphatic hydroxyl groups is 1.